The van der Waals surface area contributed by atoms with Crippen molar-refractivity contribution in [2.75, 3.05) is 19.7 Å². The molecule has 0 aliphatic carbocycles. The second kappa shape index (κ2) is 5.61. The van der Waals surface area contributed by atoms with Crippen LogP contribution in [0.5, 0.6) is 0 Å². The predicted molar refractivity (Wildman–Crippen MR) is 75.5 cm³/mol. The molecule has 1 N–H and O–H groups in total. The number of carboxylic acids is 1. The Morgan fingerprint density at radius 3 is 2.74 bits per heavy atom. The fourth-order valence-electron chi connectivity index (χ4n) is 2.73. The number of carbonyl (C=O) groups is 1. The lowest BCUT2D eigenvalue weighted by atomic mass is 9.89. The average Bonchev–Trinajstić information content (AvgIpc) is 2.77. The normalized spacial score (nSPS) is 20.2. The van der Waals surface area contributed by atoms with Crippen LogP contribution >= 0.6 is 11.3 Å². The van der Waals surface area contributed by atoms with E-state index in [2.05, 4.69) is 36.3 Å². The summed E-state index contributed by atoms with van der Waals surface area (Å²) in [7, 11) is 0. The molecule has 1 aromatic rings. The van der Waals surface area contributed by atoms with Crippen molar-refractivity contribution in [3.8, 4) is 0 Å². The third-order valence-electron chi connectivity index (χ3n) is 3.48. The van der Waals surface area contributed by atoms with Crippen LogP contribution in [-0.2, 0) is 9.53 Å². The van der Waals surface area contributed by atoms with Crippen molar-refractivity contribution in [2.45, 2.75) is 32.4 Å². The van der Waals surface area contributed by atoms with Crippen LogP contribution in [0.3, 0.4) is 0 Å². The van der Waals surface area contributed by atoms with Crippen molar-refractivity contribution in [3.05, 3.63) is 22.4 Å². The first-order chi connectivity index (χ1) is 8.91. The van der Waals surface area contributed by atoms with E-state index in [9.17, 15) is 4.79 Å². The van der Waals surface area contributed by atoms with E-state index in [-0.39, 0.29) is 12.2 Å². The molecule has 1 aromatic heterocycles. The lowest BCUT2D eigenvalue weighted by molar-refractivity contribution is -0.172. The molecule has 2 rings (SSSR count). The number of nitrogens with zero attached hydrogens (tertiary/aromatic N) is 1. The van der Waals surface area contributed by atoms with Crippen LogP contribution in [0.25, 0.3) is 0 Å². The number of hydrogen-bond donors (Lipinski definition) is 1. The topological polar surface area (TPSA) is 49.8 Å². The number of ether oxygens (including phenoxy) is 1. The van der Waals surface area contributed by atoms with Gasteiger partial charge in [0, 0.05) is 24.0 Å². The summed E-state index contributed by atoms with van der Waals surface area (Å²) in [6.45, 7) is 7.80. The predicted octanol–water partition coefficient (Wildman–Crippen LogP) is 2.62. The van der Waals surface area contributed by atoms with E-state index in [4.69, 9.17) is 9.84 Å². The van der Waals surface area contributed by atoms with Crippen molar-refractivity contribution < 1.29 is 14.6 Å². The summed E-state index contributed by atoms with van der Waals surface area (Å²) in [4.78, 5) is 14.3. The number of carboxylic acid groups (broad SMARTS) is 1. The van der Waals surface area contributed by atoms with Gasteiger partial charge in [0.1, 0.15) is 6.61 Å². The molecule has 0 spiro atoms. The molecule has 0 saturated carbocycles. The molecule has 1 atom stereocenters. The summed E-state index contributed by atoms with van der Waals surface area (Å²) in [6, 6.07) is 4.65. The first-order valence-electron chi connectivity index (χ1n) is 6.54. The summed E-state index contributed by atoms with van der Waals surface area (Å²) in [5, 5.41) is 10.8. The fraction of sp³-hybridized carbons (Fsp3) is 0.643. The van der Waals surface area contributed by atoms with E-state index in [1.54, 1.807) is 11.3 Å². The number of thiophene rings is 1. The van der Waals surface area contributed by atoms with Crippen molar-refractivity contribution in [2.24, 2.45) is 5.92 Å². The molecule has 1 aliphatic rings. The molecule has 19 heavy (non-hydrogen) atoms. The van der Waals surface area contributed by atoms with Crippen LogP contribution < -0.4 is 0 Å². The molecule has 1 unspecified atom stereocenters. The van der Waals surface area contributed by atoms with Crippen LogP contribution in [0, 0.1) is 5.92 Å². The van der Waals surface area contributed by atoms with Crippen LogP contribution in [-0.4, -0.2) is 41.3 Å². The second-order valence-corrected chi connectivity index (χ2v) is 6.72. The Labute approximate surface area is 118 Å². The number of likely N-dealkylation sites (tertiary alicyclic amines) is 1. The minimum atomic E-state index is -0.904. The van der Waals surface area contributed by atoms with Gasteiger partial charge >= 0.3 is 5.97 Å². The van der Waals surface area contributed by atoms with Crippen molar-refractivity contribution in [1.29, 1.82) is 0 Å². The van der Waals surface area contributed by atoms with Crippen LogP contribution in [0.1, 0.15) is 31.7 Å². The zero-order valence-electron chi connectivity index (χ0n) is 11.6. The van der Waals surface area contributed by atoms with Gasteiger partial charge in [-0.15, -0.1) is 11.3 Å². The van der Waals surface area contributed by atoms with Gasteiger partial charge in [0.15, 0.2) is 0 Å². The van der Waals surface area contributed by atoms with Crippen LogP contribution in [0.2, 0.25) is 0 Å². The summed E-state index contributed by atoms with van der Waals surface area (Å²) in [5.41, 5.74) is -0.317. The molecule has 0 bridgehead atoms. The molecule has 4 nitrogen and oxygen atoms in total. The van der Waals surface area contributed by atoms with Gasteiger partial charge in [-0.1, -0.05) is 19.9 Å². The third-order valence-corrected chi connectivity index (χ3v) is 4.42. The summed E-state index contributed by atoms with van der Waals surface area (Å²) >= 11 is 1.78. The largest absolute Gasteiger partial charge is 0.480 e. The molecule has 0 radical (unpaired) electrons. The Hall–Kier alpha value is -0.910. The Kier molecular flexibility index (Phi) is 4.28. The molecule has 0 aromatic carbocycles. The monoisotopic (exact) mass is 283 g/mol. The minimum Gasteiger partial charge on any atom is -0.480 e. The van der Waals surface area contributed by atoms with Gasteiger partial charge in [-0.2, -0.15) is 0 Å². The molecular formula is C14H21NO3S. The standard InChI is InChI=1S/C14H21NO3S/c1-10(2)13(11-5-4-6-19-11)15-8-14(3,9-15)18-7-12(16)17/h4-6,10,13H,7-9H2,1-3H3,(H,16,17). The Morgan fingerprint density at radius 2 is 2.26 bits per heavy atom. The second-order valence-electron chi connectivity index (χ2n) is 5.74. The van der Waals surface area contributed by atoms with Crippen LogP contribution in [0.15, 0.2) is 17.5 Å². The lowest BCUT2D eigenvalue weighted by Gasteiger charge is -2.51. The van der Waals surface area contributed by atoms with Crippen LogP contribution in [0.4, 0.5) is 0 Å². The summed E-state index contributed by atoms with van der Waals surface area (Å²) < 4.78 is 5.47. The van der Waals surface area contributed by atoms with Gasteiger partial charge < -0.3 is 9.84 Å². The first-order valence-corrected chi connectivity index (χ1v) is 7.42. The molecule has 2 heterocycles. The van der Waals surface area contributed by atoms with E-state index < -0.39 is 5.97 Å². The van der Waals surface area contributed by atoms with E-state index >= 15 is 0 Å². The van der Waals surface area contributed by atoms with E-state index in [0.717, 1.165) is 13.1 Å². The molecule has 106 valence electrons. The Bertz CT molecular complexity index is 424. The Morgan fingerprint density at radius 1 is 1.58 bits per heavy atom. The van der Waals surface area contributed by atoms with Crippen molar-refractivity contribution in [3.63, 3.8) is 0 Å². The number of aliphatic carboxylic acids is 1. The molecule has 0 amide bonds. The summed E-state index contributed by atoms with van der Waals surface area (Å²) in [5.74, 6) is -0.374. The first kappa shape index (κ1) is 14.5. The molecule has 1 aliphatic heterocycles. The van der Waals surface area contributed by atoms with Gasteiger partial charge in [-0.05, 0) is 24.3 Å². The molecule has 1 saturated heterocycles. The maximum absolute atomic E-state index is 10.6. The highest BCUT2D eigenvalue weighted by atomic mass is 32.1. The van der Waals surface area contributed by atoms with Gasteiger partial charge in [-0.3, -0.25) is 4.90 Å². The van der Waals surface area contributed by atoms with Gasteiger partial charge in [-0.25, -0.2) is 4.79 Å². The van der Waals surface area contributed by atoms with Crippen molar-refractivity contribution in [1.82, 2.24) is 4.90 Å². The number of hydrogen-bond acceptors (Lipinski definition) is 4. The highest BCUT2D eigenvalue weighted by molar-refractivity contribution is 7.10. The average molecular weight is 283 g/mol. The highest BCUT2D eigenvalue weighted by Gasteiger charge is 2.44. The van der Waals surface area contributed by atoms with Gasteiger partial charge in [0.2, 0.25) is 0 Å². The molecule has 5 heteroatoms. The van der Waals surface area contributed by atoms with Gasteiger partial charge in [0.25, 0.3) is 0 Å². The van der Waals surface area contributed by atoms with E-state index in [1.165, 1.54) is 4.88 Å². The smallest absolute Gasteiger partial charge is 0.329 e. The summed E-state index contributed by atoms with van der Waals surface area (Å²) in [6.07, 6.45) is 0. The maximum Gasteiger partial charge on any atom is 0.329 e. The van der Waals surface area contributed by atoms with Crippen molar-refractivity contribution >= 4 is 17.3 Å². The lowest BCUT2D eigenvalue weighted by Crippen LogP contribution is -2.63. The fourth-order valence-corrected chi connectivity index (χ4v) is 3.76. The zero-order valence-corrected chi connectivity index (χ0v) is 12.4. The molecular weight excluding hydrogens is 262 g/mol. The Balaban J connectivity index is 1.95. The number of rotatable bonds is 6. The van der Waals surface area contributed by atoms with E-state index in [0.29, 0.717) is 12.0 Å². The minimum absolute atomic E-state index is 0.213. The van der Waals surface area contributed by atoms with Gasteiger partial charge in [0.05, 0.1) is 5.60 Å². The third kappa shape index (κ3) is 3.35. The quantitative estimate of drug-likeness (QED) is 0.872. The van der Waals surface area contributed by atoms with E-state index in [1.807, 2.05) is 6.92 Å². The highest BCUT2D eigenvalue weighted by Crippen LogP contribution is 2.38. The maximum atomic E-state index is 10.6. The zero-order chi connectivity index (χ0) is 14.0. The molecule has 1 fully saturated rings. The SMILES string of the molecule is CC(C)C(c1cccs1)N1CC(C)(OCC(=O)O)C1.